The fourth-order valence-electron chi connectivity index (χ4n) is 4.33. The second-order valence-electron chi connectivity index (χ2n) is 8.58. The van der Waals surface area contributed by atoms with Crippen LogP contribution in [0.3, 0.4) is 0 Å². The molecule has 1 fully saturated rings. The van der Waals surface area contributed by atoms with E-state index in [9.17, 15) is 0 Å². The van der Waals surface area contributed by atoms with Crippen LogP contribution in [0.15, 0.2) is 48.5 Å². The predicted molar refractivity (Wildman–Crippen MR) is 126 cm³/mol. The quantitative estimate of drug-likeness (QED) is 0.353. The lowest BCUT2D eigenvalue weighted by molar-refractivity contribution is 0.437. The van der Waals surface area contributed by atoms with Gasteiger partial charge in [0.1, 0.15) is 0 Å². The van der Waals surface area contributed by atoms with Crippen LogP contribution in [0, 0.1) is 17.8 Å². The zero-order valence-corrected chi connectivity index (χ0v) is 19.0. The number of unbranched alkanes of at least 4 members (excludes halogenated alkanes) is 1. The van der Waals surface area contributed by atoms with E-state index in [1.807, 2.05) is 0 Å². The van der Waals surface area contributed by atoms with Gasteiger partial charge in [-0.05, 0) is 67.0 Å². The van der Waals surface area contributed by atoms with Gasteiger partial charge in [0, 0.05) is 19.9 Å². The number of aryl methyl sites for hydroxylation is 2. The van der Waals surface area contributed by atoms with Gasteiger partial charge in [-0.3, -0.25) is 0 Å². The Kier molecular flexibility index (Phi) is 8.43. The van der Waals surface area contributed by atoms with Crippen molar-refractivity contribution in [3.8, 4) is 11.8 Å². The minimum Gasteiger partial charge on any atom is -0.0680 e. The van der Waals surface area contributed by atoms with Gasteiger partial charge in [0.05, 0.1) is 0 Å². The normalized spacial score (nSPS) is 19.1. The maximum Gasteiger partial charge on any atom is 0.0365 e. The SMILES string of the molecule is CCCCc1ccc(C#Cc2ccc(CCC3CC[SiH](CC)CC3)cc2)cc1. The molecule has 3 rings (SSSR count). The Hall–Kier alpha value is -1.78. The molecule has 2 aromatic carbocycles. The van der Waals surface area contributed by atoms with Crippen molar-refractivity contribution in [1.82, 2.24) is 0 Å². The standard InChI is InChI=1S/C27H36Si/c1-3-5-6-23-7-9-24(10-8-23)11-12-25-13-15-26(16-14-25)17-18-27-19-21-28(4-2)22-20-27/h7-10,13-16,27-28H,3-6,17-22H2,1-2H3. The molecule has 0 N–H and O–H groups in total. The molecule has 1 aliphatic heterocycles. The summed E-state index contributed by atoms with van der Waals surface area (Å²) in [5.41, 5.74) is 5.12. The molecular weight excluding hydrogens is 352 g/mol. The molecule has 1 heterocycles. The van der Waals surface area contributed by atoms with Crippen LogP contribution in [0.2, 0.25) is 18.1 Å². The molecule has 0 nitrogen and oxygen atoms in total. The van der Waals surface area contributed by atoms with Crippen LogP contribution in [0.5, 0.6) is 0 Å². The lowest BCUT2D eigenvalue weighted by Crippen LogP contribution is -2.20. The van der Waals surface area contributed by atoms with Crippen molar-refractivity contribution >= 4 is 8.80 Å². The average molecular weight is 389 g/mol. The molecule has 1 saturated heterocycles. The van der Waals surface area contributed by atoms with Crippen LogP contribution in [0.4, 0.5) is 0 Å². The molecule has 0 spiro atoms. The van der Waals surface area contributed by atoms with Gasteiger partial charge in [-0.15, -0.1) is 0 Å². The number of benzene rings is 2. The molecule has 1 aliphatic rings. The summed E-state index contributed by atoms with van der Waals surface area (Å²) in [4.78, 5) is 0. The van der Waals surface area contributed by atoms with E-state index in [2.05, 4.69) is 74.2 Å². The molecule has 0 saturated carbocycles. The fourth-order valence-corrected chi connectivity index (χ4v) is 7.32. The molecule has 0 atom stereocenters. The maximum atomic E-state index is 3.32. The van der Waals surface area contributed by atoms with Crippen molar-refractivity contribution < 1.29 is 0 Å². The van der Waals surface area contributed by atoms with E-state index in [0.29, 0.717) is 0 Å². The Morgan fingerprint density at radius 3 is 1.82 bits per heavy atom. The van der Waals surface area contributed by atoms with Gasteiger partial charge in [0.25, 0.3) is 0 Å². The summed E-state index contributed by atoms with van der Waals surface area (Å²) in [7, 11) is -0.307. The lowest BCUT2D eigenvalue weighted by atomic mass is 9.94. The van der Waals surface area contributed by atoms with E-state index < -0.39 is 0 Å². The molecule has 0 unspecified atom stereocenters. The van der Waals surface area contributed by atoms with Gasteiger partial charge in [0.2, 0.25) is 0 Å². The van der Waals surface area contributed by atoms with Gasteiger partial charge in [-0.2, -0.15) is 0 Å². The molecular formula is C27H36Si. The van der Waals surface area contributed by atoms with Crippen molar-refractivity contribution in [1.29, 1.82) is 0 Å². The van der Waals surface area contributed by atoms with Crippen molar-refractivity contribution in [2.24, 2.45) is 5.92 Å². The van der Waals surface area contributed by atoms with Crippen LogP contribution < -0.4 is 0 Å². The minimum absolute atomic E-state index is 0.307. The topological polar surface area (TPSA) is 0 Å². The number of hydrogen-bond acceptors (Lipinski definition) is 0. The highest BCUT2D eigenvalue weighted by Gasteiger charge is 2.20. The molecule has 0 bridgehead atoms. The summed E-state index contributed by atoms with van der Waals surface area (Å²) < 4.78 is 0. The zero-order valence-electron chi connectivity index (χ0n) is 17.8. The molecule has 148 valence electrons. The monoisotopic (exact) mass is 388 g/mol. The predicted octanol–water partition coefficient (Wildman–Crippen LogP) is 7.02. The van der Waals surface area contributed by atoms with Crippen LogP contribution in [0.25, 0.3) is 0 Å². The molecule has 0 amide bonds. The molecule has 2 aromatic rings. The van der Waals surface area contributed by atoms with Gasteiger partial charge in [-0.1, -0.05) is 87.3 Å². The summed E-state index contributed by atoms with van der Waals surface area (Å²) in [5, 5.41) is 0. The third-order valence-electron chi connectivity index (χ3n) is 6.46. The van der Waals surface area contributed by atoms with Crippen molar-refractivity contribution in [3.63, 3.8) is 0 Å². The van der Waals surface area contributed by atoms with Gasteiger partial charge in [0.15, 0.2) is 0 Å². The second kappa shape index (κ2) is 11.3. The van der Waals surface area contributed by atoms with Crippen LogP contribution in [-0.4, -0.2) is 8.80 Å². The Morgan fingerprint density at radius 2 is 1.32 bits per heavy atom. The molecule has 0 aromatic heterocycles. The Morgan fingerprint density at radius 1 is 0.786 bits per heavy atom. The largest absolute Gasteiger partial charge is 0.0680 e. The summed E-state index contributed by atoms with van der Waals surface area (Å²) in [6, 6.07) is 22.4. The summed E-state index contributed by atoms with van der Waals surface area (Å²) in [5.74, 6) is 7.61. The van der Waals surface area contributed by atoms with E-state index in [-0.39, 0.29) is 8.80 Å². The van der Waals surface area contributed by atoms with Crippen LogP contribution in [0.1, 0.15) is 68.2 Å². The van der Waals surface area contributed by atoms with Gasteiger partial charge in [-0.25, -0.2) is 0 Å². The maximum absolute atomic E-state index is 3.32. The van der Waals surface area contributed by atoms with E-state index >= 15 is 0 Å². The summed E-state index contributed by atoms with van der Waals surface area (Å²) in [6.45, 7) is 4.65. The van der Waals surface area contributed by atoms with Gasteiger partial charge < -0.3 is 0 Å². The van der Waals surface area contributed by atoms with E-state index in [4.69, 9.17) is 0 Å². The van der Waals surface area contributed by atoms with E-state index in [1.165, 1.54) is 62.1 Å². The van der Waals surface area contributed by atoms with Crippen LogP contribution in [-0.2, 0) is 12.8 Å². The van der Waals surface area contributed by atoms with E-state index in [0.717, 1.165) is 17.0 Å². The highest BCUT2D eigenvalue weighted by atomic mass is 28.3. The first-order chi connectivity index (χ1) is 13.8. The molecule has 28 heavy (non-hydrogen) atoms. The number of hydrogen-bond donors (Lipinski definition) is 0. The molecule has 0 aliphatic carbocycles. The average Bonchev–Trinajstić information content (AvgIpc) is 2.76. The minimum atomic E-state index is -0.307. The van der Waals surface area contributed by atoms with E-state index in [1.54, 1.807) is 12.1 Å². The first-order valence-electron chi connectivity index (χ1n) is 11.5. The third kappa shape index (κ3) is 6.68. The third-order valence-corrected chi connectivity index (χ3v) is 9.92. The lowest BCUT2D eigenvalue weighted by Gasteiger charge is -2.26. The van der Waals surface area contributed by atoms with Crippen molar-refractivity contribution in [2.75, 3.05) is 0 Å². The van der Waals surface area contributed by atoms with Gasteiger partial charge >= 0.3 is 0 Å². The summed E-state index contributed by atoms with van der Waals surface area (Å²) in [6.07, 6.45) is 9.30. The van der Waals surface area contributed by atoms with Crippen molar-refractivity contribution in [2.45, 2.75) is 76.9 Å². The highest BCUT2D eigenvalue weighted by Crippen LogP contribution is 2.30. The summed E-state index contributed by atoms with van der Waals surface area (Å²) >= 11 is 0. The Balaban J connectivity index is 1.47. The zero-order chi connectivity index (χ0) is 19.6. The van der Waals surface area contributed by atoms with Crippen LogP contribution >= 0.6 is 0 Å². The first kappa shape index (κ1) is 20.9. The second-order valence-corrected chi connectivity index (χ2v) is 12.3. The fraction of sp³-hybridized carbons (Fsp3) is 0.481. The Bertz CT molecular complexity index is 753. The highest BCUT2D eigenvalue weighted by molar-refractivity contribution is 6.58. The smallest absolute Gasteiger partial charge is 0.0365 e. The molecule has 0 radical (unpaired) electrons. The molecule has 1 heteroatoms. The number of rotatable bonds is 7. The Labute approximate surface area is 174 Å². The van der Waals surface area contributed by atoms with Crippen molar-refractivity contribution in [3.05, 3.63) is 70.8 Å². The first-order valence-corrected chi connectivity index (χ1v) is 13.9.